The Balaban J connectivity index is 1.50. The van der Waals surface area contributed by atoms with Gasteiger partial charge in [0.15, 0.2) is 0 Å². The lowest BCUT2D eigenvalue weighted by Crippen LogP contribution is -2.36. The average molecular weight is 413 g/mol. The number of carboxylic acids is 1. The Kier molecular flexibility index (Phi) is 5.50. The molecule has 1 N–H and O–H groups in total. The van der Waals surface area contributed by atoms with Gasteiger partial charge in [0.05, 0.1) is 29.7 Å². The van der Waals surface area contributed by atoms with Crippen LogP contribution in [0, 0.1) is 0 Å². The number of amides is 2. The fourth-order valence-corrected chi connectivity index (χ4v) is 4.49. The predicted octanol–water partition coefficient (Wildman–Crippen LogP) is 2.04. The first-order valence-electron chi connectivity index (χ1n) is 9.19. The number of rotatable bonds is 5. The lowest BCUT2D eigenvalue weighted by atomic mass is 10.2. The number of benzene rings is 1. The first-order chi connectivity index (χ1) is 14.0. The lowest BCUT2D eigenvalue weighted by molar-refractivity contribution is -0.121. The number of imide groups is 1. The van der Waals surface area contributed by atoms with Crippen molar-refractivity contribution >= 4 is 40.9 Å². The number of carbonyl (C=O) groups is 3. The first-order valence-corrected chi connectivity index (χ1v) is 10.1. The highest BCUT2D eigenvalue weighted by atomic mass is 32.2. The number of hydrogen-bond acceptors (Lipinski definition) is 7. The summed E-state index contributed by atoms with van der Waals surface area (Å²) in [5, 5.41) is 8.83. The molecule has 0 spiro atoms. The monoisotopic (exact) mass is 413 g/mol. The SMILES string of the molecule is O=C(O)c1cccnc1S[C@@H]1CC(=O)N(c2ccc(N3CCOCC3)cc2)C1=O. The lowest BCUT2D eigenvalue weighted by Gasteiger charge is -2.29. The van der Waals surface area contributed by atoms with Gasteiger partial charge in [-0.05, 0) is 36.4 Å². The Bertz CT molecular complexity index is 943. The summed E-state index contributed by atoms with van der Waals surface area (Å²) in [7, 11) is 0. The molecule has 4 rings (SSSR count). The van der Waals surface area contributed by atoms with Crippen LogP contribution in [0.25, 0.3) is 0 Å². The maximum atomic E-state index is 12.9. The molecule has 9 heteroatoms. The summed E-state index contributed by atoms with van der Waals surface area (Å²) in [4.78, 5) is 44.2. The highest BCUT2D eigenvalue weighted by molar-refractivity contribution is 8.00. The van der Waals surface area contributed by atoms with Crippen LogP contribution in [0.2, 0.25) is 0 Å². The summed E-state index contributed by atoms with van der Waals surface area (Å²) < 4.78 is 5.35. The second-order valence-corrected chi connectivity index (χ2v) is 7.85. The van der Waals surface area contributed by atoms with Gasteiger partial charge in [-0.3, -0.25) is 9.59 Å². The minimum Gasteiger partial charge on any atom is -0.478 e. The van der Waals surface area contributed by atoms with Crippen LogP contribution in [0.4, 0.5) is 11.4 Å². The van der Waals surface area contributed by atoms with Crippen LogP contribution >= 0.6 is 11.8 Å². The van der Waals surface area contributed by atoms with E-state index in [0.29, 0.717) is 18.9 Å². The van der Waals surface area contributed by atoms with Gasteiger partial charge in [0, 0.05) is 31.4 Å². The van der Waals surface area contributed by atoms with Crippen LogP contribution in [-0.4, -0.2) is 59.4 Å². The Hall–Kier alpha value is -2.91. The van der Waals surface area contributed by atoms with E-state index in [1.54, 1.807) is 12.1 Å². The number of carboxylic acid groups (broad SMARTS) is 1. The van der Waals surface area contributed by atoms with Gasteiger partial charge in [0.25, 0.3) is 0 Å². The molecule has 0 aliphatic carbocycles. The van der Waals surface area contributed by atoms with Crippen molar-refractivity contribution in [3.05, 3.63) is 48.2 Å². The molecule has 3 heterocycles. The van der Waals surface area contributed by atoms with Crippen LogP contribution in [0.15, 0.2) is 47.6 Å². The fourth-order valence-electron chi connectivity index (χ4n) is 3.38. The Morgan fingerprint density at radius 2 is 1.79 bits per heavy atom. The number of anilines is 2. The molecule has 2 aliphatic heterocycles. The zero-order valence-electron chi connectivity index (χ0n) is 15.5. The molecule has 0 radical (unpaired) electrons. The number of morpholine rings is 1. The van der Waals surface area contributed by atoms with Gasteiger partial charge in [-0.1, -0.05) is 11.8 Å². The molecule has 2 aromatic rings. The number of aromatic nitrogens is 1. The summed E-state index contributed by atoms with van der Waals surface area (Å²) in [6.45, 7) is 2.95. The van der Waals surface area contributed by atoms with Gasteiger partial charge >= 0.3 is 5.97 Å². The summed E-state index contributed by atoms with van der Waals surface area (Å²) in [5.41, 5.74) is 1.55. The maximum Gasteiger partial charge on any atom is 0.338 e. The van der Waals surface area contributed by atoms with Gasteiger partial charge in [-0.25, -0.2) is 14.7 Å². The number of nitrogens with zero attached hydrogens (tertiary/aromatic N) is 3. The number of thioether (sulfide) groups is 1. The molecule has 150 valence electrons. The van der Waals surface area contributed by atoms with Crippen LogP contribution in [-0.2, 0) is 14.3 Å². The number of hydrogen-bond donors (Lipinski definition) is 1. The van der Waals surface area contributed by atoms with Crippen molar-refractivity contribution < 1.29 is 24.2 Å². The second-order valence-electron chi connectivity index (χ2n) is 6.66. The van der Waals surface area contributed by atoms with Crippen molar-refractivity contribution in [1.29, 1.82) is 0 Å². The number of pyridine rings is 1. The van der Waals surface area contributed by atoms with E-state index in [4.69, 9.17) is 4.74 Å². The Morgan fingerprint density at radius 1 is 1.10 bits per heavy atom. The molecular weight excluding hydrogens is 394 g/mol. The minimum absolute atomic E-state index is 0.00431. The van der Waals surface area contributed by atoms with Crippen molar-refractivity contribution in [2.24, 2.45) is 0 Å². The first kappa shape index (κ1) is 19.4. The van der Waals surface area contributed by atoms with Gasteiger partial charge < -0.3 is 14.7 Å². The van der Waals surface area contributed by atoms with Crippen molar-refractivity contribution in [3.8, 4) is 0 Å². The van der Waals surface area contributed by atoms with Crippen molar-refractivity contribution in [3.63, 3.8) is 0 Å². The van der Waals surface area contributed by atoms with E-state index >= 15 is 0 Å². The van der Waals surface area contributed by atoms with E-state index in [1.165, 1.54) is 23.2 Å². The molecule has 0 unspecified atom stereocenters. The standard InChI is InChI=1S/C20H19N3O5S/c24-17-12-16(29-18-15(20(26)27)2-1-7-21-18)19(25)23(17)14-5-3-13(4-6-14)22-8-10-28-11-9-22/h1-7,16H,8-12H2,(H,26,27)/t16-/m1/s1. The number of ether oxygens (including phenoxy) is 1. The number of carbonyl (C=O) groups excluding carboxylic acids is 2. The van der Waals surface area contributed by atoms with Crippen LogP contribution in [0.3, 0.4) is 0 Å². The highest BCUT2D eigenvalue weighted by Gasteiger charge is 2.41. The van der Waals surface area contributed by atoms with E-state index in [2.05, 4.69) is 9.88 Å². The summed E-state index contributed by atoms with van der Waals surface area (Å²) >= 11 is 1.02. The molecule has 29 heavy (non-hydrogen) atoms. The number of aromatic carboxylic acids is 1. The second kappa shape index (κ2) is 8.22. The minimum atomic E-state index is -1.12. The Labute approximate surface area is 171 Å². The van der Waals surface area contributed by atoms with Gasteiger partial charge in [-0.2, -0.15) is 0 Å². The molecule has 0 bridgehead atoms. The largest absolute Gasteiger partial charge is 0.478 e. The van der Waals surface area contributed by atoms with Gasteiger partial charge in [0.1, 0.15) is 5.03 Å². The molecule has 2 amide bonds. The third-order valence-corrected chi connectivity index (χ3v) is 6.05. The van der Waals surface area contributed by atoms with Crippen molar-refractivity contribution in [2.45, 2.75) is 16.7 Å². The molecule has 1 aromatic carbocycles. The molecule has 1 atom stereocenters. The molecule has 1 aromatic heterocycles. The summed E-state index contributed by atoms with van der Waals surface area (Å²) in [6, 6.07) is 10.3. The molecule has 2 fully saturated rings. The third-order valence-electron chi connectivity index (χ3n) is 4.84. The molecular formula is C20H19N3O5S. The normalized spacial score (nSPS) is 19.7. The average Bonchev–Trinajstić information content (AvgIpc) is 3.02. The molecule has 0 saturated carbocycles. The van der Waals surface area contributed by atoms with E-state index in [9.17, 15) is 19.5 Å². The van der Waals surface area contributed by atoms with E-state index < -0.39 is 11.2 Å². The molecule has 8 nitrogen and oxygen atoms in total. The predicted molar refractivity (Wildman–Crippen MR) is 107 cm³/mol. The van der Waals surface area contributed by atoms with Crippen LogP contribution in [0.5, 0.6) is 0 Å². The molecule has 2 aliphatic rings. The Morgan fingerprint density at radius 3 is 2.48 bits per heavy atom. The summed E-state index contributed by atoms with van der Waals surface area (Å²) in [6.07, 6.45) is 1.47. The smallest absolute Gasteiger partial charge is 0.338 e. The fraction of sp³-hybridized carbons (Fsp3) is 0.300. The van der Waals surface area contributed by atoms with Crippen LogP contribution < -0.4 is 9.80 Å². The van der Waals surface area contributed by atoms with Crippen molar-refractivity contribution in [2.75, 3.05) is 36.1 Å². The van der Waals surface area contributed by atoms with Gasteiger partial charge in [0.2, 0.25) is 11.8 Å². The van der Waals surface area contributed by atoms with Crippen LogP contribution in [0.1, 0.15) is 16.8 Å². The zero-order valence-corrected chi connectivity index (χ0v) is 16.3. The zero-order chi connectivity index (χ0) is 20.4. The van der Waals surface area contributed by atoms with Crippen molar-refractivity contribution in [1.82, 2.24) is 4.98 Å². The van der Waals surface area contributed by atoms with E-state index in [0.717, 1.165) is 30.5 Å². The molecule has 2 saturated heterocycles. The quantitative estimate of drug-likeness (QED) is 0.744. The highest BCUT2D eigenvalue weighted by Crippen LogP contribution is 2.35. The van der Waals surface area contributed by atoms with Gasteiger partial charge in [-0.15, -0.1) is 0 Å². The van der Waals surface area contributed by atoms with E-state index in [-0.39, 0.29) is 28.8 Å². The third kappa shape index (κ3) is 3.96. The van der Waals surface area contributed by atoms with E-state index in [1.807, 2.05) is 12.1 Å². The maximum absolute atomic E-state index is 12.9. The topological polar surface area (TPSA) is 100 Å². The summed E-state index contributed by atoms with van der Waals surface area (Å²) in [5.74, 6) is -1.78.